The fourth-order valence-corrected chi connectivity index (χ4v) is 3.60. The molecule has 0 saturated carbocycles. The van der Waals surface area contributed by atoms with Gasteiger partial charge in [-0.3, -0.25) is 4.79 Å². The first kappa shape index (κ1) is 19.2. The fraction of sp³-hybridized carbons (Fsp3) is 0.350. The molecule has 7 heteroatoms. The highest BCUT2D eigenvalue weighted by molar-refractivity contribution is 7.90. The first-order valence-corrected chi connectivity index (χ1v) is 10.7. The summed E-state index contributed by atoms with van der Waals surface area (Å²) in [5, 5.41) is 3.03. The summed E-state index contributed by atoms with van der Waals surface area (Å²) in [4.78, 5) is 12.9. The van der Waals surface area contributed by atoms with Crippen molar-refractivity contribution in [2.75, 3.05) is 19.5 Å². The van der Waals surface area contributed by atoms with Gasteiger partial charge in [0.2, 0.25) is 0 Å². The van der Waals surface area contributed by atoms with Gasteiger partial charge in [-0.1, -0.05) is 19.9 Å². The van der Waals surface area contributed by atoms with Gasteiger partial charge in [-0.05, 0) is 47.9 Å². The zero-order valence-corrected chi connectivity index (χ0v) is 16.4. The highest BCUT2D eigenvalue weighted by atomic mass is 32.2. The molecule has 3 rings (SSSR count). The van der Waals surface area contributed by atoms with Crippen LogP contribution in [-0.4, -0.2) is 33.8 Å². The molecule has 27 heavy (non-hydrogen) atoms. The van der Waals surface area contributed by atoms with Crippen molar-refractivity contribution >= 4 is 15.7 Å². The summed E-state index contributed by atoms with van der Waals surface area (Å²) >= 11 is 0. The maximum Gasteiger partial charge on any atom is 0.251 e. The maximum absolute atomic E-state index is 12.7. The van der Waals surface area contributed by atoms with Gasteiger partial charge < -0.3 is 14.8 Å². The van der Waals surface area contributed by atoms with Crippen LogP contribution in [0.4, 0.5) is 0 Å². The van der Waals surface area contributed by atoms with Crippen molar-refractivity contribution in [2.24, 2.45) is 5.92 Å². The fourth-order valence-electron chi connectivity index (χ4n) is 2.97. The molecule has 0 aromatic heterocycles. The molecule has 0 spiro atoms. The molecule has 1 amide bonds. The molecule has 1 N–H and O–H groups in total. The van der Waals surface area contributed by atoms with Gasteiger partial charge in [-0.25, -0.2) is 8.42 Å². The molecule has 0 saturated heterocycles. The molecule has 0 unspecified atom stereocenters. The van der Waals surface area contributed by atoms with Crippen molar-refractivity contribution < 1.29 is 22.7 Å². The van der Waals surface area contributed by atoms with E-state index in [2.05, 4.69) is 5.32 Å². The van der Waals surface area contributed by atoms with E-state index in [0.29, 0.717) is 30.3 Å². The molecule has 2 aromatic rings. The Kier molecular flexibility index (Phi) is 5.41. The van der Waals surface area contributed by atoms with Crippen LogP contribution in [0.5, 0.6) is 11.5 Å². The molecule has 1 atom stereocenters. The number of fused-ring (bicyclic) bond motifs is 1. The van der Waals surface area contributed by atoms with E-state index < -0.39 is 9.84 Å². The smallest absolute Gasteiger partial charge is 0.251 e. The van der Waals surface area contributed by atoms with Crippen molar-refractivity contribution in [1.29, 1.82) is 0 Å². The molecule has 0 fully saturated rings. The Morgan fingerprint density at radius 2 is 1.63 bits per heavy atom. The SMILES string of the molecule is CC(C)[C@@H](NC(=O)c1ccc(S(C)(=O)=O)cc1)c1ccc2c(c1)OCCO2. The molecule has 1 aliphatic heterocycles. The second kappa shape index (κ2) is 7.60. The number of hydrogen-bond donors (Lipinski definition) is 1. The lowest BCUT2D eigenvalue weighted by atomic mass is 9.95. The summed E-state index contributed by atoms with van der Waals surface area (Å²) < 4.78 is 34.3. The van der Waals surface area contributed by atoms with E-state index >= 15 is 0 Å². The minimum atomic E-state index is -3.29. The predicted octanol–water partition coefficient (Wildman–Crippen LogP) is 2.99. The van der Waals surface area contributed by atoms with E-state index in [1.54, 1.807) is 0 Å². The number of carbonyl (C=O) groups excluding carboxylic acids is 1. The highest BCUT2D eigenvalue weighted by Gasteiger charge is 2.22. The largest absolute Gasteiger partial charge is 0.486 e. The van der Waals surface area contributed by atoms with Crippen LogP contribution < -0.4 is 14.8 Å². The monoisotopic (exact) mass is 389 g/mol. The first-order valence-electron chi connectivity index (χ1n) is 8.76. The normalized spacial score (nSPS) is 14.7. The second-order valence-electron chi connectivity index (χ2n) is 6.89. The van der Waals surface area contributed by atoms with Crippen LogP contribution in [0.3, 0.4) is 0 Å². The van der Waals surface area contributed by atoms with Crippen molar-refractivity contribution in [3.63, 3.8) is 0 Å². The number of benzene rings is 2. The lowest BCUT2D eigenvalue weighted by Gasteiger charge is -2.25. The minimum absolute atomic E-state index is 0.145. The van der Waals surface area contributed by atoms with Crippen LogP contribution in [-0.2, 0) is 9.84 Å². The second-order valence-corrected chi connectivity index (χ2v) is 8.91. The predicted molar refractivity (Wildman–Crippen MR) is 102 cm³/mol. The molecule has 1 heterocycles. The lowest BCUT2D eigenvalue weighted by molar-refractivity contribution is 0.0925. The Morgan fingerprint density at radius 1 is 1.00 bits per heavy atom. The topological polar surface area (TPSA) is 81.7 Å². The van der Waals surface area contributed by atoms with E-state index in [-0.39, 0.29) is 22.8 Å². The number of nitrogens with one attached hydrogen (secondary N) is 1. The minimum Gasteiger partial charge on any atom is -0.486 e. The van der Waals surface area contributed by atoms with Crippen molar-refractivity contribution in [3.8, 4) is 11.5 Å². The van der Waals surface area contributed by atoms with Gasteiger partial charge in [0.1, 0.15) is 13.2 Å². The Hall–Kier alpha value is -2.54. The highest BCUT2D eigenvalue weighted by Crippen LogP contribution is 2.34. The molecule has 144 valence electrons. The van der Waals surface area contributed by atoms with Crippen LogP contribution in [0.25, 0.3) is 0 Å². The molecule has 6 nitrogen and oxygen atoms in total. The average molecular weight is 389 g/mol. The zero-order valence-electron chi connectivity index (χ0n) is 15.6. The summed E-state index contributed by atoms with van der Waals surface area (Å²) in [6.45, 7) is 5.07. The molecule has 1 aliphatic rings. The summed E-state index contributed by atoms with van der Waals surface area (Å²) in [5.74, 6) is 1.27. The van der Waals surface area contributed by atoms with Gasteiger partial charge in [0.15, 0.2) is 21.3 Å². The Bertz CT molecular complexity index is 935. The van der Waals surface area contributed by atoms with E-state index in [1.807, 2.05) is 32.0 Å². The average Bonchev–Trinajstić information content (AvgIpc) is 2.64. The lowest BCUT2D eigenvalue weighted by Crippen LogP contribution is -2.32. The number of hydrogen-bond acceptors (Lipinski definition) is 5. The number of carbonyl (C=O) groups is 1. The third-order valence-corrected chi connectivity index (χ3v) is 5.55. The van der Waals surface area contributed by atoms with Gasteiger partial charge in [0.05, 0.1) is 10.9 Å². The Labute approximate surface area is 159 Å². The van der Waals surface area contributed by atoms with Gasteiger partial charge >= 0.3 is 0 Å². The maximum atomic E-state index is 12.7. The van der Waals surface area contributed by atoms with Gasteiger partial charge in [-0.15, -0.1) is 0 Å². The van der Waals surface area contributed by atoms with Crippen LogP contribution in [0.1, 0.15) is 35.8 Å². The number of rotatable bonds is 5. The Balaban J connectivity index is 1.81. The molecule has 0 aliphatic carbocycles. The van der Waals surface area contributed by atoms with Crippen molar-refractivity contribution in [3.05, 3.63) is 53.6 Å². The zero-order chi connectivity index (χ0) is 19.6. The van der Waals surface area contributed by atoms with Crippen LogP contribution >= 0.6 is 0 Å². The standard InChI is InChI=1S/C20H23NO5S/c1-13(2)19(15-6-9-17-18(12-15)26-11-10-25-17)21-20(22)14-4-7-16(8-5-14)27(3,23)24/h4-9,12-13,19H,10-11H2,1-3H3,(H,21,22)/t19-/m1/s1. The van der Waals surface area contributed by atoms with Crippen LogP contribution in [0.2, 0.25) is 0 Å². The van der Waals surface area contributed by atoms with Gasteiger partial charge in [0, 0.05) is 11.8 Å². The quantitative estimate of drug-likeness (QED) is 0.850. The molecular formula is C20H23NO5S. The summed E-state index contributed by atoms with van der Waals surface area (Å²) in [7, 11) is -3.29. The summed E-state index contributed by atoms with van der Waals surface area (Å²) in [6, 6.07) is 11.4. The Morgan fingerprint density at radius 3 is 2.22 bits per heavy atom. The summed E-state index contributed by atoms with van der Waals surface area (Å²) in [5.41, 5.74) is 1.33. The third kappa shape index (κ3) is 4.42. The van der Waals surface area contributed by atoms with Crippen LogP contribution in [0.15, 0.2) is 47.4 Å². The van der Waals surface area contributed by atoms with E-state index in [1.165, 1.54) is 24.3 Å². The summed E-state index contributed by atoms with van der Waals surface area (Å²) in [6.07, 6.45) is 1.14. The third-order valence-electron chi connectivity index (χ3n) is 4.42. The van der Waals surface area contributed by atoms with Crippen molar-refractivity contribution in [2.45, 2.75) is 24.8 Å². The van der Waals surface area contributed by atoms with E-state index in [4.69, 9.17) is 9.47 Å². The molecule has 0 radical (unpaired) electrons. The first-order chi connectivity index (χ1) is 12.8. The van der Waals surface area contributed by atoms with E-state index in [9.17, 15) is 13.2 Å². The molecule has 2 aromatic carbocycles. The molecular weight excluding hydrogens is 366 g/mol. The number of ether oxygens (including phenoxy) is 2. The van der Waals surface area contributed by atoms with Gasteiger partial charge in [0.25, 0.3) is 5.91 Å². The van der Waals surface area contributed by atoms with Gasteiger partial charge in [-0.2, -0.15) is 0 Å². The van der Waals surface area contributed by atoms with Crippen molar-refractivity contribution in [1.82, 2.24) is 5.32 Å². The molecule has 0 bridgehead atoms. The van der Waals surface area contributed by atoms with Crippen LogP contribution in [0, 0.1) is 5.92 Å². The van der Waals surface area contributed by atoms with E-state index in [0.717, 1.165) is 11.8 Å². The number of sulfone groups is 1. The number of amides is 1.